The number of rotatable bonds is 2. The Morgan fingerprint density at radius 1 is 1.36 bits per heavy atom. The van der Waals surface area contributed by atoms with E-state index in [4.69, 9.17) is 0 Å². The molecule has 4 heterocycles. The molecule has 0 radical (unpaired) electrons. The zero-order chi connectivity index (χ0) is 19.5. The summed E-state index contributed by atoms with van der Waals surface area (Å²) >= 11 is 1.34. The van der Waals surface area contributed by atoms with E-state index in [1.54, 1.807) is 16.4 Å². The third-order valence-electron chi connectivity index (χ3n) is 5.83. The van der Waals surface area contributed by atoms with Crippen LogP contribution in [0.1, 0.15) is 39.0 Å². The molecule has 7 nitrogen and oxygen atoms in total. The fraction of sp³-hybridized carbons (Fsp3) is 0.300. The summed E-state index contributed by atoms with van der Waals surface area (Å²) in [6.07, 6.45) is 4.22. The van der Waals surface area contributed by atoms with Crippen molar-refractivity contribution in [3.63, 3.8) is 0 Å². The molecule has 8 heteroatoms. The van der Waals surface area contributed by atoms with Gasteiger partial charge in [-0.1, -0.05) is 18.2 Å². The first-order valence-electron chi connectivity index (χ1n) is 9.13. The number of carbonyl (C=O) groups excluding carboxylic acids is 2. The Morgan fingerprint density at radius 3 is 2.89 bits per heavy atom. The first-order chi connectivity index (χ1) is 13.5. The van der Waals surface area contributed by atoms with Crippen LogP contribution < -0.4 is 5.32 Å². The van der Waals surface area contributed by atoms with E-state index in [1.165, 1.54) is 11.3 Å². The van der Waals surface area contributed by atoms with Gasteiger partial charge in [0.05, 0.1) is 23.4 Å². The Labute approximate surface area is 166 Å². The van der Waals surface area contributed by atoms with Gasteiger partial charge in [0, 0.05) is 31.0 Å². The predicted molar refractivity (Wildman–Crippen MR) is 105 cm³/mol. The second-order valence-corrected chi connectivity index (χ2v) is 8.19. The van der Waals surface area contributed by atoms with Crippen molar-refractivity contribution in [2.45, 2.75) is 24.8 Å². The predicted octanol–water partition coefficient (Wildman–Crippen LogP) is 2.66. The maximum absolute atomic E-state index is 13.4. The van der Waals surface area contributed by atoms with Crippen LogP contribution in [0, 0.1) is 6.92 Å². The molecule has 3 aromatic rings. The summed E-state index contributed by atoms with van der Waals surface area (Å²) in [6, 6.07) is 7.34. The highest BCUT2D eigenvalue weighted by Gasteiger charge is 2.59. The Balaban J connectivity index is 1.68. The second kappa shape index (κ2) is 6.00. The molecule has 0 aliphatic carbocycles. The lowest BCUT2D eigenvalue weighted by molar-refractivity contribution is -0.121. The highest BCUT2D eigenvalue weighted by atomic mass is 32.1. The van der Waals surface area contributed by atoms with Gasteiger partial charge < -0.3 is 10.2 Å². The van der Waals surface area contributed by atoms with Gasteiger partial charge in [0.2, 0.25) is 5.91 Å². The molecule has 142 valence electrons. The number of thiazole rings is 1. The van der Waals surface area contributed by atoms with Crippen LogP contribution in [0.5, 0.6) is 0 Å². The normalized spacial score (nSPS) is 23.3. The van der Waals surface area contributed by atoms with Gasteiger partial charge >= 0.3 is 0 Å². The third kappa shape index (κ3) is 2.21. The Kier molecular flexibility index (Phi) is 3.67. The Hall–Kier alpha value is -3.00. The van der Waals surface area contributed by atoms with E-state index in [0.29, 0.717) is 17.8 Å². The van der Waals surface area contributed by atoms with Crippen LogP contribution in [-0.4, -0.2) is 38.0 Å². The Morgan fingerprint density at radius 2 is 2.18 bits per heavy atom. The van der Waals surface area contributed by atoms with Crippen LogP contribution >= 0.6 is 11.3 Å². The van der Waals surface area contributed by atoms with Crippen LogP contribution in [0.3, 0.4) is 0 Å². The highest BCUT2D eigenvalue weighted by molar-refractivity contribution is 7.11. The van der Waals surface area contributed by atoms with E-state index >= 15 is 0 Å². The molecular formula is C20H19N5O2S. The van der Waals surface area contributed by atoms with Crippen molar-refractivity contribution < 1.29 is 9.59 Å². The van der Waals surface area contributed by atoms with E-state index in [9.17, 15) is 9.59 Å². The number of aryl methyl sites for hydroxylation is 2. The smallest absolute Gasteiger partial charge is 0.266 e. The molecule has 1 spiro atoms. The molecule has 2 amide bonds. The molecule has 5 rings (SSSR count). The maximum atomic E-state index is 13.4. The lowest BCUT2D eigenvalue weighted by Crippen LogP contribution is -2.42. The van der Waals surface area contributed by atoms with Crippen LogP contribution in [-0.2, 0) is 17.3 Å². The standard InChI is InChI=1S/C20H19N5O2S/c1-12-16(28-11-21-12)18(26)25-8-7-20(17(25)13-9-22-24(2)10-13)14-5-3-4-6-15(14)23-19(20)27/h3-6,9-11,17H,7-8H2,1-2H3,(H,23,27). The van der Waals surface area contributed by atoms with E-state index in [2.05, 4.69) is 15.4 Å². The Bertz CT molecular complexity index is 1100. The molecule has 1 N–H and O–H groups in total. The maximum Gasteiger partial charge on any atom is 0.266 e. The van der Waals surface area contributed by atoms with Gasteiger partial charge in [0.1, 0.15) is 10.3 Å². The summed E-state index contributed by atoms with van der Waals surface area (Å²) < 4.78 is 1.71. The number of likely N-dealkylation sites (tertiary alicyclic amines) is 1. The number of benzene rings is 1. The molecule has 1 fully saturated rings. The number of aromatic nitrogens is 3. The summed E-state index contributed by atoms with van der Waals surface area (Å²) in [4.78, 5) is 33.4. The quantitative estimate of drug-likeness (QED) is 0.726. The number of hydrogen-bond donors (Lipinski definition) is 1. The first-order valence-corrected chi connectivity index (χ1v) is 10.0. The number of fused-ring (bicyclic) bond motifs is 2. The summed E-state index contributed by atoms with van der Waals surface area (Å²) in [5.41, 5.74) is 4.23. The van der Waals surface area contributed by atoms with Crippen molar-refractivity contribution in [2.24, 2.45) is 7.05 Å². The van der Waals surface area contributed by atoms with Gasteiger partial charge in [-0.3, -0.25) is 14.3 Å². The van der Waals surface area contributed by atoms with E-state index in [0.717, 1.165) is 22.5 Å². The molecule has 1 saturated heterocycles. The van der Waals surface area contributed by atoms with Gasteiger partial charge in [0.15, 0.2) is 0 Å². The average molecular weight is 393 g/mol. The zero-order valence-electron chi connectivity index (χ0n) is 15.5. The number of nitrogens with one attached hydrogen (secondary N) is 1. The first kappa shape index (κ1) is 17.1. The van der Waals surface area contributed by atoms with Gasteiger partial charge in [-0.25, -0.2) is 4.98 Å². The SMILES string of the molecule is Cc1ncsc1C(=O)N1CCC2(C(=O)Nc3ccccc32)C1c1cnn(C)c1. The number of amides is 2. The minimum absolute atomic E-state index is 0.0566. The topological polar surface area (TPSA) is 80.1 Å². The average Bonchev–Trinajstić information content (AvgIpc) is 3.43. The molecular weight excluding hydrogens is 374 g/mol. The zero-order valence-corrected chi connectivity index (χ0v) is 16.4. The van der Waals surface area contributed by atoms with Crippen molar-refractivity contribution in [2.75, 3.05) is 11.9 Å². The largest absolute Gasteiger partial charge is 0.329 e. The lowest BCUT2D eigenvalue weighted by Gasteiger charge is -2.33. The number of para-hydroxylation sites is 1. The number of carbonyl (C=O) groups is 2. The van der Waals surface area contributed by atoms with Crippen molar-refractivity contribution in [1.29, 1.82) is 0 Å². The van der Waals surface area contributed by atoms with E-state index in [-0.39, 0.29) is 11.8 Å². The third-order valence-corrected chi connectivity index (χ3v) is 6.74. The molecule has 2 unspecified atom stereocenters. The minimum atomic E-state index is -0.812. The van der Waals surface area contributed by atoms with Crippen LogP contribution in [0.15, 0.2) is 42.2 Å². The molecule has 0 saturated carbocycles. The summed E-state index contributed by atoms with van der Waals surface area (Å²) in [5, 5.41) is 7.34. The molecule has 2 atom stereocenters. The molecule has 1 aromatic carbocycles. The number of nitrogens with zero attached hydrogens (tertiary/aromatic N) is 4. The van der Waals surface area contributed by atoms with Crippen molar-refractivity contribution in [3.05, 3.63) is 63.9 Å². The van der Waals surface area contributed by atoms with Gasteiger partial charge in [-0.15, -0.1) is 11.3 Å². The number of hydrogen-bond acceptors (Lipinski definition) is 5. The van der Waals surface area contributed by atoms with Crippen LogP contribution in [0.25, 0.3) is 0 Å². The summed E-state index contributed by atoms with van der Waals surface area (Å²) in [5.74, 6) is -0.137. The monoisotopic (exact) mass is 393 g/mol. The van der Waals surface area contributed by atoms with Crippen LogP contribution in [0.4, 0.5) is 5.69 Å². The van der Waals surface area contributed by atoms with E-state index < -0.39 is 11.5 Å². The molecule has 2 aliphatic heterocycles. The minimum Gasteiger partial charge on any atom is -0.329 e. The summed E-state index contributed by atoms with van der Waals surface area (Å²) in [6.45, 7) is 2.34. The molecule has 2 aromatic heterocycles. The van der Waals surface area contributed by atoms with E-state index in [1.807, 2.05) is 49.3 Å². The lowest BCUT2D eigenvalue weighted by atomic mass is 9.73. The number of anilines is 1. The van der Waals surface area contributed by atoms with Crippen molar-refractivity contribution >= 4 is 28.8 Å². The molecule has 0 bridgehead atoms. The molecule has 28 heavy (non-hydrogen) atoms. The summed E-state index contributed by atoms with van der Waals surface area (Å²) in [7, 11) is 1.84. The van der Waals surface area contributed by atoms with Crippen molar-refractivity contribution in [1.82, 2.24) is 19.7 Å². The van der Waals surface area contributed by atoms with Crippen LogP contribution in [0.2, 0.25) is 0 Å². The van der Waals surface area contributed by atoms with Gasteiger partial charge in [-0.05, 0) is 25.0 Å². The highest BCUT2D eigenvalue weighted by Crippen LogP contribution is 2.55. The second-order valence-electron chi connectivity index (χ2n) is 7.34. The van der Waals surface area contributed by atoms with Crippen molar-refractivity contribution in [3.8, 4) is 0 Å². The molecule has 2 aliphatic rings. The van der Waals surface area contributed by atoms with Gasteiger partial charge in [-0.2, -0.15) is 5.10 Å². The fourth-order valence-corrected chi connectivity index (χ4v) is 5.35. The fourth-order valence-electron chi connectivity index (χ4n) is 4.59. The van der Waals surface area contributed by atoms with Gasteiger partial charge in [0.25, 0.3) is 5.91 Å².